The highest BCUT2D eigenvalue weighted by molar-refractivity contribution is 7.99. The van der Waals surface area contributed by atoms with Crippen molar-refractivity contribution in [3.63, 3.8) is 0 Å². The molecule has 0 bridgehead atoms. The van der Waals surface area contributed by atoms with E-state index in [2.05, 4.69) is 10.6 Å². The Kier molecular flexibility index (Phi) is 6.77. The van der Waals surface area contributed by atoms with E-state index in [4.69, 9.17) is 23.8 Å². The lowest BCUT2D eigenvalue weighted by Gasteiger charge is -2.13. The van der Waals surface area contributed by atoms with Gasteiger partial charge in [-0.2, -0.15) is 13.2 Å². The number of nitrogens with one attached hydrogen (secondary N) is 2. The van der Waals surface area contributed by atoms with Gasteiger partial charge < -0.3 is 10.6 Å². The van der Waals surface area contributed by atoms with Gasteiger partial charge in [-0.3, -0.25) is 0 Å². The minimum atomic E-state index is -4.50. The molecule has 0 fully saturated rings. The molecule has 2 nitrogen and oxygen atoms in total. The van der Waals surface area contributed by atoms with Crippen LogP contribution < -0.4 is 10.6 Å². The third kappa shape index (κ3) is 5.89. The van der Waals surface area contributed by atoms with E-state index < -0.39 is 11.7 Å². The van der Waals surface area contributed by atoms with Crippen LogP contribution in [0.25, 0.3) is 0 Å². The highest BCUT2D eigenvalue weighted by Gasteiger charge is 2.33. The average Bonchev–Trinajstić information content (AvgIpc) is 2.53. The fraction of sp³-hybridized carbons (Fsp3) is 0.188. The lowest BCUT2D eigenvalue weighted by Crippen LogP contribution is -2.30. The van der Waals surface area contributed by atoms with Gasteiger partial charge in [0.2, 0.25) is 0 Å². The van der Waals surface area contributed by atoms with E-state index in [0.717, 1.165) is 16.7 Å². The van der Waals surface area contributed by atoms with Gasteiger partial charge in [0, 0.05) is 22.9 Å². The second-order valence-corrected chi connectivity index (χ2v) is 6.72. The van der Waals surface area contributed by atoms with Gasteiger partial charge in [-0.1, -0.05) is 29.8 Å². The summed E-state index contributed by atoms with van der Waals surface area (Å²) >= 11 is 12.3. The standard InChI is InChI=1S/C16H14ClF3N2S2/c17-14-7-6-11(10-13(14)16(18,19)20)22-15(23)21-8-9-24-12-4-2-1-3-5-12/h1-7,10H,8-9H2,(H2,21,22,23). The highest BCUT2D eigenvalue weighted by Crippen LogP contribution is 2.36. The van der Waals surface area contributed by atoms with Gasteiger partial charge in [-0.25, -0.2) is 0 Å². The van der Waals surface area contributed by atoms with E-state index in [0.29, 0.717) is 6.54 Å². The lowest BCUT2D eigenvalue weighted by atomic mass is 10.2. The summed E-state index contributed by atoms with van der Waals surface area (Å²) < 4.78 is 38.4. The second kappa shape index (κ2) is 8.60. The third-order valence-electron chi connectivity index (χ3n) is 2.93. The summed E-state index contributed by atoms with van der Waals surface area (Å²) in [5.41, 5.74) is -0.656. The predicted octanol–water partition coefficient (Wildman–Crippen LogP) is 5.44. The molecule has 0 spiro atoms. The average molecular weight is 391 g/mol. The van der Waals surface area contributed by atoms with E-state index in [1.165, 1.54) is 12.1 Å². The molecule has 0 aliphatic heterocycles. The molecule has 0 saturated heterocycles. The van der Waals surface area contributed by atoms with Crippen LogP contribution in [0.3, 0.4) is 0 Å². The number of hydrogen-bond acceptors (Lipinski definition) is 2. The molecule has 24 heavy (non-hydrogen) atoms. The topological polar surface area (TPSA) is 24.1 Å². The molecule has 2 aromatic carbocycles. The van der Waals surface area contributed by atoms with E-state index >= 15 is 0 Å². The van der Waals surface area contributed by atoms with Crippen LogP contribution in [0, 0.1) is 0 Å². The predicted molar refractivity (Wildman–Crippen MR) is 97.8 cm³/mol. The number of benzene rings is 2. The largest absolute Gasteiger partial charge is 0.417 e. The van der Waals surface area contributed by atoms with Crippen molar-refractivity contribution < 1.29 is 13.2 Å². The van der Waals surface area contributed by atoms with Gasteiger partial charge in [0.25, 0.3) is 0 Å². The number of thioether (sulfide) groups is 1. The van der Waals surface area contributed by atoms with Crippen LogP contribution in [0.5, 0.6) is 0 Å². The molecule has 0 saturated carbocycles. The normalized spacial score (nSPS) is 11.2. The number of hydrogen-bond donors (Lipinski definition) is 2. The van der Waals surface area contributed by atoms with Crippen LogP contribution in [0.15, 0.2) is 53.4 Å². The maximum Gasteiger partial charge on any atom is 0.417 e. The van der Waals surface area contributed by atoms with Gasteiger partial charge in [-0.05, 0) is 42.5 Å². The first-order valence-electron chi connectivity index (χ1n) is 6.96. The Morgan fingerprint density at radius 1 is 1.12 bits per heavy atom. The molecule has 8 heteroatoms. The van der Waals surface area contributed by atoms with Gasteiger partial charge in [0.05, 0.1) is 10.6 Å². The van der Waals surface area contributed by atoms with Crippen molar-refractivity contribution in [3.8, 4) is 0 Å². The van der Waals surface area contributed by atoms with Gasteiger partial charge in [-0.15, -0.1) is 11.8 Å². The van der Waals surface area contributed by atoms with Crippen molar-refractivity contribution >= 4 is 46.4 Å². The zero-order valence-corrected chi connectivity index (χ0v) is 14.8. The SMILES string of the molecule is FC(F)(F)c1cc(NC(=S)NCCSc2ccccc2)ccc1Cl. The summed E-state index contributed by atoms with van der Waals surface area (Å²) in [7, 11) is 0. The first-order chi connectivity index (χ1) is 11.4. The molecule has 0 aliphatic carbocycles. The number of anilines is 1. The molecule has 0 aliphatic rings. The Balaban J connectivity index is 1.82. The highest BCUT2D eigenvalue weighted by atomic mass is 35.5. The Labute approximate surface area is 152 Å². The summed E-state index contributed by atoms with van der Waals surface area (Å²) in [6.45, 7) is 0.588. The molecule has 0 unspecified atom stereocenters. The zero-order valence-electron chi connectivity index (χ0n) is 12.4. The minimum absolute atomic E-state index is 0.236. The molecule has 0 amide bonds. The van der Waals surface area contributed by atoms with Crippen molar-refractivity contribution in [1.82, 2.24) is 5.32 Å². The Bertz CT molecular complexity index is 693. The van der Waals surface area contributed by atoms with Gasteiger partial charge in [0.15, 0.2) is 5.11 Å². The van der Waals surface area contributed by atoms with Crippen LogP contribution in [-0.4, -0.2) is 17.4 Å². The van der Waals surface area contributed by atoms with E-state index in [1.54, 1.807) is 11.8 Å². The Hall–Kier alpha value is -1.44. The minimum Gasteiger partial charge on any atom is -0.362 e. The maximum atomic E-state index is 12.8. The summed E-state index contributed by atoms with van der Waals surface area (Å²) in [4.78, 5) is 1.14. The van der Waals surface area contributed by atoms with Crippen molar-refractivity contribution in [1.29, 1.82) is 0 Å². The third-order valence-corrected chi connectivity index (χ3v) is 4.52. The lowest BCUT2D eigenvalue weighted by molar-refractivity contribution is -0.137. The molecule has 2 rings (SSSR count). The van der Waals surface area contributed by atoms with Crippen LogP contribution >= 0.6 is 35.6 Å². The molecule has 0 aromatic heterocycles. The summed E-state index contributed by atoms with van der Waals surface area (Å²) in [6, 6.07) is 13.5. The van der Waals surface area contributed by atoms with Crippen LogP contribution in [0.1, 0.15) is 5.56 Å². The number of thiocarbonyl (C=S) groups is 1. The van der Waals surface area contributed by atoms with Crippen molar-refractivity contribution in [2.75, 3.05) is 17.6 Å². The Morgan fingerprint density at radius 3 is 2.50 bits per heavy atom. The van der Waals surface area contributed by atoms with Crippen LogP contribution in [0.4, 0.5) is 18.9 Å². The second-order valence-electron chi connectivity index (χ2n) is 4.73. The summed E-state index contributed by atoms with van der Waals surface area (Å²) in [5.74, 6) is 0.778. The fourth-order valence-corrected chi connectivity index (χ4v) is 3.08. The molecule has 128 valence electrons. The smallest absolute Gasteiger partial charge is 0.362 e. The first-order valence-corrected chi connectivity index (χ1v) is 8.73. The maximum absolute atomic E-state index is 12.8. The fourth-order valence-electron chi connectivity index (χ4n) is 1.85. The monoisotopic (exact) mass is 390 g/mol. The number of rotatable bonds is 5. The van der Waals surface area contributed by atoms with Crippen molar-refractivity contribution in [3.05, 3.63) is 59.1 Å². The zero-order chi connectivity index (χ0) is 17.6. The van der Waals surface area contributed by atoms with Crippen molar-refractivity contribution in [2.24, 2.45) is 0 Å². The summed E-state index contributed by atoms with van der Waals surface area (Å²) in [5, 5.41) is 5.61. The summed E-state index contributed by atoms with van der Waals surface area (Å²) in [6.07, 6.45) is -4.50. The number of alkyl halides is 3. The first kappa shape index (κ1) is 18.9. The molecule has 0 atom stereocenters. The molecular weight excluding hydrogens is 377 g/mol. The van der Waals surface area contributed by atoms with E-state index in [-0.39, 0.29) is 15.8 Å². The van der Waals surface area contributed by atoms with Gasteiger partial charge in [0.1, 0.15) is 0 Å². The van der Waals surface area contributed by atoms with Crippen molar-refractivity contribution in [2.45, 2.75) is 11.1 Å². The van der Waals surface area contributed by atoms with E-state index in [9.17, 15) is 13.2 Å². The molecule has 2 N–H and O–H groups in total. The van der Waals surface area contributed by atoms with Crippen LogP contribution in [0.2, 0.25) is 5.02 Å². The Morgan fingerprint density at radius 2 is 1.83 bits per heavy atom. The molecule has 0 heterocycles. The van der Waals surface area contributed by atoms with E-state index in [1.807, 2.05) is 30.3 Å². The van der Waals surface area contributed by atoms with Crippen LogP contribution in [-0.2, 0) is 6.18 Å². The molecule has 0 radical (unpaired) electrons. The molecule has 2 aromatic rings. The molecular formula is C16H14ClF3N2S2. The van der Waals surface area contributed by atoms with Gasteiger partial charge >= 0.3 is 6.18 Å². The quantitative estimate of drug-likeness (QED) is 0.403. The number of halogens is 4.